The Hall–Kier alpha value is -2.95. The predicted molar refractivity (Wildman–Crippen MR) is 87.5 cm³/mol. The van der Waals surface area contributed by atoms with Crippen LogP contribution in [-0.4, -0.2) is 18.1 Å². The van der Waals surface area contributed by atoms with E-state index in [-0.39, 0.29) is 5.82 Å². The zero-order valence-corrected chi connectivity index (χ0v) is 12.8. The first kappa shape index (κ1) is 15.0. The van der Waals surface area contributed by atoms with Crippen molar-refractivity contribution < 1.29 is 13.9 Å². The second kappa shape index (κ2) is 6.04. The van der Waals surface area contributed by atoms with Gasteiger partial charge in [-0.25, -0.2) is 14.2 Å². The van der Waals surface area contributed by atoms with E-state index in [1.807, 2.05) is 31.2 Å². The third-order valence-electron chi connectivity index (χ3n) is 3.65. The summed E-state index contributed by atoms with van der Waals surface area (Å²) in [6.45, 7) is 1.85. The number of aromatic nitrogens is 1. The van der Waals surface area contributed by atoms with E-state index >= 15 is 0 Å². The number of methoxy groups -OCH3 is 1. The van der Waals surface area contributed by atoms with Crippen molar-refractivity contribution in [3.05, 3.63) is 65.5 Å². The maximum absolute atomic E-state index is 13.0. The lowest BCUT2D eigenvalue weighted by Gasteiger charge is -2.14. The molecule has 1 aromatic heterocycles. The van der Waals surface area contributed by atoms with E-state index in [0.29, 0.717) is 17.1 Å². The number of esters is 1. The number of pyridine rings is 1. The van der Waals surface area contributed by atoms with Crippen molar-refractivity contribution in [2.45, 2.75) is 6.92 Å². The number of hydrogen-bond donors (Lipinski definition) is 1. The van der Waals surface area contributed by atoms with E-state index in [9.17, 15) is 9.18 Å². The molecule has 0 fully saturated rings. The van der Waals surface area contributed by atoms with Gasteiger partial charge in [-0.3, -0.25) is 0 Å². The molecule has 0 saturated heterocycles. The molecule has 0 aliphatic heterocycles. The minimum absolute atomic E-state index is 0.327. The summed E-state index contributed by atoms with van der Waals surface area (Å²) in [7, 11) is 1.33. The number of para-hydroxylation sites is 1. The number of nitrogens with zero attached hydrogens (tertiary/aromatic N) is 1. The number of halogens is 1. The van der Waals surface area contributed by atoms with Gasteiger partial charge in [0.15, 0.2) is 0 Å². The van der Waals surface area contributed by atoms with E-state index in [1.54, 1.807) is 12.1 Å². The van der Waals surface area contributed by atoms with Crippen molar-refractivity contribution in [3.63, 3.8) is 0 Å². The van der Waals surface area contributed by atoms with Crippen LogP contribution in [0.25, 0.3) is 10.9 Å². The Morgan fingerprint density at radius 2 is 1.83 bits per heavy atom. The van der Waals surface area contributed by atoms with Gasteiger partial charge in [-0.15, -0.1) is 0 Å². The number of aryl methyl sites for hydroxylation is 1. The predicted octanol–water partition coefficient (Wildman–Crippen LogP) is 4.21. The number of hydrogen-bond acceptors (Lipinski definition) is 4. The third-order valence-corrected chi connectivity index (χ3v) is 3.65. The Kier molecular flexibility index (Phi) is 3.93. The van der Waals surface area contributed by atoms with Crippen LogP contribution in [0.1, 0.15) is 15.9 Å². The molecule has 0 spiro atoms. The summed E-state index contributed by atoms with van der Waals surface area (Å²) in [5, 5.41) is 3.96. The van der Waals surface area contributed by atoms with Gasteiger partial charge < -0.3 is 10.1 Å². The first-order valence-corrected chi connectivity index (χ1v) is 7.10. The van der Waals surface area contributed by atoms with E-state index in [4.69, 9.17) is 4.74 Å². The van der Waals surface area contributed by atoms with Gasteiger partial charge in [-0.05, 0) is 42.8 Å². The normalized spacial score (nSPS) is 10.6. The van der Waals surface area contributed by atoms with Crippen molar-refractivity contribution >= 4 is 28.4 Å². The summed E-state index contributed by atoms with van der Waals surface area (Å²) in [5.74, 6) is -0.406. The number of nitrogens with one attached hydrogen (secondary N) is 1. The van der Waals surface area contributed by atoms with Crippen molar-refractivity contribution in [2.24, 2.45) is 0 Å². The summed E-state index contributed by atoms with van der Waals surface area (Å²) in [6, 6.07) is 13.4. The van der Waals surface area contributed by atoms with Crippen LogP contribution >= 0.6 is 0 Å². The van der Waals surface area contributed by atoms with Crippen LogP contribution < -0.4 is 5.32 Å². The number of carbonyl (C=O) groups excluding carboxylic acids is 1. The van der Waals surface area contributed by atoms with Crippen LogP contribution in [0.5, 0.6) is 0 Å². The molecule has 3 rings (SSSR count). The van der Waals surface area contributed by atoms with E-state index in [0.717, 1.165) is 16.5 Å². The van der Waals surface area contributed by atoms with Crippen molar-refractivity contribution in [3.8, 4) is 0 Å². The first-order valence-electron chi connectivity index (χ1n) is 7.10. The van der Waals surface area contributed by atoms with Crippen LogP contribution in [-0.2, 0) is 4.74 Å². The minimum atomic E-state index is -0.467. The molecule has 23 heavy (non-hydrogen) atoms. The Morgan fingerprint density at radius 3 is 2.52 bits per heavy atom. The highest BCUT2D eigenvalue weighted by Gasteiger charge is 2.19. The molecular formula is C18H15FN2O2. The monoisotopic (exact) mass is 310 g/mol. The molecule has 4 nitrogen and oxygen atoms in total. The lowest BCUT2D eigenvalue weighted by atomic mass is 10.0. The van der Waals surface area contributed by atoms with Gasteiger partial charge in [0, 0.05) is 11.1 Å². The van der Waals surface area contributed by atoms with Gasteiger partial charge >= 0.3 is 5.97 Å². The molecule has 116 valence electrons. The average Bonchev–Trinajstić information content (AvgIpc) is 2.57. The highest BCUT2D eigenvalue weighted by atomic mass is 19.1. The molecule has 3 aromatic rings. The van der Waals surface area contributed by atoms with E-state index in [2.05, 4.69) is 10.3 Å². The topological polar surface area (TPSA) is 51.2 Å². The number of carbonyl (C=O) groups is 1. The molecule has 1 heterocycles. The fourth-order valence-electron chi connectivity index (χ4n) is 2.49. The van der Waals surface area contributed by atoms with Gasteiger partial charge in [-0.2, -0.15) is 0 Å². The largest absolute Gasteiger partial charge is 0.465 e. The number of anilines is 2. The number of rotatable bonds is 3. The van der Waals surface area contributed by atoms with Crippen LogP contribution in [0.4, 0.5) is 15.9 Å². The Labute approximate surface area is 132 Å². The van der Waals surface area contributed by atoms with Gasteiger partial charge in [0.1, 0.15) is 17.2 Å². The highest BCUT2D eigenvalue weighted by molar-refractivity contribution is 6.02. The summed E-state index contributed by atoms with van der Waals surface area (Å²) < 4.78 is 17.9. The fourth-order valence-corrected chi connectivity index (χ4v) is 2.49. The van der Waals surface area contributed by atoms with Gasteiger partial charge in [-0.1, -0.05) is 18.2 Å². The van der Waals surface area contributed by atoms with Gasteiger partial charge in [0.2, 0.25) is 0 Å². The van der Waals surface area contributed by atoms with E-state index in [1.165, 1.54) is 19.2 Å². The molecule has 0 aliphatic carbocycles. The standard InChI is InChI=1S/C18H15FN2O2/c1-11-14-5-3-4-6-15(14)21-17(16(11)18(22)23-2)20-13-9-7-12(19)8-10-13/h3-10H,1-2H3,(H,20,21). The van der Waals surface area contributed by atoms with Crippen molar-refractivity contribution in [1.29, 1.82) is 0 Å². The summed E-state index contributed by atoms with van der Waals surface area (Å²) in [4.78, 5) is 16.7. The quantitative estimate of drug-likeness (QED) is 0.736. The second-order valence-corrected chi connectivity index (χ2v) is 5.10. The fraction of sp³-hybridized carbons (Fsp3) is 0.111. The molecule has 0 saturated carbocycles. The van der Waals surface area contributed by atoms with Crippen LogP contribution in [0.2, 0.25) is 0 Å². The molecule has 0 unspecified atom stereocenters. The van der Waals surface area contributed by atoms with E-state index < -0.39 is 5.97 Å². The van der Waals surface area contributed by atoms with Crippen LogP contribution in [0.15, 0.2) is 48.5 Å². The molecule has 1 N–H and O–H groups in total. The Morgan fingerprint density at radius 1 is 1.13 bits per heavy atom. The molecule has 5 heteroatoms. The molecule has 0 atom stereocenters. The second-order valence-electron chi connectivity index (χ2n) is 5.10. The first-order chi connectivity index (χ1) is 11.1. The average molecular weight is 310 g/mol. The lowest BCUT2D eigenvalue weighted by Crippen LogP contribution is -2.10. The van der Waals surface area contributed by atoms with Gasteiger partial charge in [0.05, 0.1) is 12.6 Å². The number of benzene rings is 2. The molecule has 0 radical (unpaired) electrons. The smallest absolute Gasteiger partial charge is 0.341 e. The van der Waals surface area contributed by atoms with Gasteiger partial charge in [0.25, 0.3) is 0 Å². The lowest BCUT2D eigenvalue weighted by molar-refractivity contribution is 0.0601. The SMILES string of the molecule is COC(=O)c1c(Nc2ccc(F)cc2)nc2ccccc2c1C. The third kappa shape index (κ3) is 2.85. The summed E-state index contributed by atoms with van der Waals surface area (Å²) in [5.41, 5.74) is 2.56. The number of fused-ring (bicyclic) bond motifs is 1. The molecule has 0 bridgehead atoms. The highest BCUT2D eigenvalue weighted by Crippen LogP contribution is 2.28. The number of ether oxygens (including phenoxy) is 1. The van der Waals surface area contributed by atoms with Crippen LogP contribution in [0, 0.1) is 12.7 Å². The molecule has 2 aromatic carbocycles. The molecule has 0 amide bonds. The summed E-state index contributed by atoms with van der Waals surface area (Å²) >= 11 is 0. The Bertz CT molecular complexity index is 876. The van der Waals surface area contributed by atoms with Crippen molar-refractivity contribution in [2.75, 3.05) is 12.4 Å². The maximum atomic E-state index is 13.0. The Balaban J connectivity index is 2.17. The summed E-state index contributed by atoms with van der Waals surface area (Å²) in [6.07, 6.45) is 0. The zero-order chi connectivity index (χ0) is 16.4. The molecule has 0 aliphatic rings. The zero-order valence-electron chi connectivity index (χ0n) is 12.8. The van der Waals surface area contributed by atoms with Crippen LogP contribution in [0.3, 0.4) is 0 Å². The van der Waals surface area contributed by atoms with Crippen molar-refractivity contribution in [1.82, 2.24) is 4.98 Å². The minimum Gasteiger partial charge on any atom is -0.465 e. The maximum Gasteiger partial charge on any atom is 0.341 e. The molecular weight excluding hydrogens is 295 g/mol.